The first-order valence-electron chi connectivity index (χ1n) is 35.4. The zero-order chi connectivity index (χ0) is 78.2. The summed E-state index contributed by atoms with van der Waals surface area (Å²) in [7, 11) is 2.44. The topological polar surface area (TPSA) is 241 Å². The molecule has 2 aromatic heterocycles. The highest BCUT2D eigenvalue weighted by Gasteiger charge is 2.47. The van der Waals surface area contributed by atoms with Gasteiger partial charge in [0.2, 0.25) is 11.5 Å². The van der Waals surface area contributed by atoms with Crippen molar-refractivity contribution in [2.75, 3.05) is 97.9 Å². The van der Waals surface area contributed by atoms with E-state index in [9.17, 15) is 19.5 Å². The molecule has 0 aliphatic carbocycles. The molecule has 0 radical (unpaired) electrons. The predicted octanol–water partition coefficient (Wildman–Crippen LogP) is 7.95. The van der Waals surface area contributed by atoms with Crippen LogP contribution in [0.5, 0.6) is 23.3 Å². The molecule has 6 fully saturated rings. The Morgan fingerprint density at radius 3 is 1.41 bits per heavy atom. The van der Waals surface area contributed by atoms with Crippen LogP contribution < -0.4 is 24.3 Å². The smallest absolute Gasteiger partial charge is 0.410 e. The first-order valence-corrected chi connectivity index (χ1v) is 24.1. The van der Waals surface area contributed by atoms with Crippen molar-refractivity contribution >= 4 is 58.7 Å². The van der Waals surface area contributed by atoms with Gasteiger partial charge in [-0.2, -0.15) is 9.97 Å². The van der Waals surface area contributed by atoms with Crippen LogP contribution in [0.2, 0.25) is 10.2 Å². The second-order valence-electron chi connectivity index (χ2n) is 19.7. The van der Waals surface area contributed by atoms with Crippen molar-refractivity contribution in [3.63, 3.8) is 0 Å². The van der Waals surface area contributed by atoms with E-state index in [1.165, 1.54) is 94.7 Å². The Hall–Kier alpha value is -5.90. The average Bonchev–Trinajstić information content (AvgIpc) is 0.697. The zero-order valence-electron chi connectivity index (χ0n) is 67.7. The Kier molecular flexibility index (Phi) is 11.4. The van der Waals surface area contributed by atoms with Crippen molar-refractivity contribution in [3.05, 3.63) is 52.4 Å². The molecule has 2 N–H and O–H groups in total. The van der Waals surface area contributed by atoms with Crippen molar-refractivity contribution in [1.82, 2.24) is 34.6 Å². The lowest BCUT2D eigenvalue weighted by atomic mass is 9.84. The van der Waals surface area contributed by atoms with E-state index in [-0.39, 0.29) is 47.9 Å². The minimum Gasteiger partial charge on any atom is -0.489 e. The van der Waals surface area contributed by atoms with Gasteiger partial charge in [-0.1, -0.05) is 29.3 Å². The van der Waals surface area contributed by atoms with Crippen molar-refractivity contribution in [3.8, 4) is 23.3 Å². The number of halogens is 2. The number of likely N-dealkylation sites (tertiary alicyclic amines) is 3. The number of hydrogen-bond donors (Lipinski definition) is 2. The Morgan fingerprint density at radius 2 is 1.03 bits per heavy atom. The second-order valence-corrected chi connectivity index (χ2v) is 20.5. The zero-order valence-corrected chi connectivity index (χ0v) is 45.2. The molecule has 428 valence electrons. The van der Waals surface area contributed by atoms with Gasteiger partial charge in [0.1, 0.15) is 41.7 Å². The number of aliphatic hydroxyl groups excluding tert-OH is 1. The molecule has 9 rings (SSSR count). The van der Waals surface area contributed by atoms with Crippen molar-refractivity contribution in [2.24, 2.45) is 35.5 Å². The van der Waals surface area contributed by atoms with Gasteiger partial charge in [-0.15, -0.1) is 0 Å². The van der Waals surface area contributed by atoms with Gasteiger partial charge >= 0.3 is 18.3 Å². The summed E-state index contributed by atoms with van der Waals surface area (Å²) in [6, 6.07) is 4.42. The molecule has 6 atom stereocenters. The first-order chi connectivity index (χ1) is 45.8. The molecule has 8 heterocycles. The number of methoxy groups -OCH3 is 2. The summed E-state index contributed by atoms with van der Waals surface area (Å²) in [6.07, 6.45) is -8.20. The maximum Gasteiger partial charge on any atom is 0.410 e. The van der Waals surface area contributed by atoms with Gasteiger partial charge in [-0.25, -0.2) is 29.2 Å². The van der Waals surface area contributed by atoms with Crippen LogP contribution in [0.25, 0.3) is 4.85 Å². The molecule has 1 aromatic carbocycles. The number of hydrogen-bond acceptors (Lipinski definition) is 19. The van der Waals surface area contributed by atoms with Gasteiger partial charge in [0.15, 0.2) is 16.7 Å². The third kappa shape index (κ3) is 15.7. The Bertz CT molecular complexity index is 3640. The molecule has 0 saturated carbocycles. The molecule has 0 spiro atoms. The fourth-order valence-corrected chi connectivity index (χ4v) is 7.32. The summed E-state index contributed by atoms with van der Waals surface area (Å²) in [5.41, 5.74) is -2.83. The number of aromatic nitrogens is 4. The summed E-state index contributed by atoms with van der Waals surface area (Å²) in [5.74, 6) is -13.6. The molecule has 6 unspecified atom stereocenters. The Balaban J connectivity index is 0.000000222. The van der Waals surface area contributed by atoms with E-state index in [2.05, 4.69) is 34.8 Å². The summed E-state index contributed by atoms with van der Waals surface area (Å²) in [5, 5.41) is 13.2. The number of ether oxygens (including phenoxy) is 10. The van der Waals surface area contributed by atoms with Gasteiger partial charge in [0, 0.05) is 80.0 Å². The quantitative estimate of drug-likeness (QED) is 0.123. The third-order valence-electron chi connectivity index (χ3n) is 10.2. The molecule has 6 saturated heterocycles. The van der Waals surface area contributed by atoms with E-state index in [1.54, 1.807) is 0 Å². The summed E-state index contributed by atoms with van der Waals surface area (Å²) < 4.78 is 253. The number of fused-ring (bicyclic) bond motifs is 6. The van der Waals surface area contributed by atoms with E-state index in [1.807, 2.05) is 0 Å². The highest BCUT2D eigenvalue weighted by atomic mass is 35.5. The fraction of sp³-hybridized carbons (Fsp3) is 0.660. The molecular weight excluding hydrogens is 1060 g/mol. The van der Waals surface area contributed by atoms with Crippen molar-refractivity contribution in [2.45, 2.75) is 97.4 Å². The number of carbonyl (C=O) groups excluding carboxylic acids is 3. The van der Waals surface area contributed by atoms with Crippen LogP contribution >= 0.6 is 23.2 Å². The highest BCUT2D eigenvalue weighted by Crippen LogP contribution is 2.41. The lowest BCUT2D eigenvalue weighted by Crippen LogP contribution is -2.59. The fourth-order valence-electron chi connectivity index (χ4n) is 6.90. The maximum atomic E-state index is 13.2. The maximum absolute atomic E-state index is 13.2. The van der Waals surface area contributed by atoms with Crippen LogP contribution in [-0.4, -0.2) is 186 Å². The Labute approximate surface area is 499 Å². The van der Waals surface area contributed by atoms with Crippen molar-refractivity contribution < 1.29 is 99.8 Å². The third-order valence-corrected chi connectivity index (χ3v) is 10.8. The summed E-state index contributed by atoms with van der Waals surface area (Å²) in [4.78, 5) is 57.7. The molecule has 25 heteroatoms. The molecular formula is C53H73Cl2N9O14. The minimum atomic E-state index is -3.17. The largest absolute Gasteiger partial charge is 0.489 e. The molecule has 3 aromatic rings. The average molecular weight is 1160 g/mol. The van der Waals surface area contributed by atoms with E-state index in [4.69, 9.17) is 105 Å². The molecule has 3 amide bonds. The minimum absolute atomic E-state index is 0.0189. The molecule has 6 bridgehead atoms. The second kappa shape index (κ2) is 25.5. The van der Waals surface area contributed by atoms with E-state index >= 15 is 0 Å². The summed E-state index contributed by atoms with van der Waals surface area (Å²) in [6.45, 7) is -16.5. The molecule has 78 heavy (non-hydrogen) atoms. The normalized spacial score (nSPS) is 37.8. The number of carbonyl (C=O) groups is 3. The number of amides is 3. The number of aliphatic hydroxyl groups is 1. The van der Waals surface area contributed by atoms with Crippen LogP contribution in [0, 0.1) is 42.1 Å². The van der Waals surface area contributed by atoms with Crippen LogP contribution in [-0.2, 0) is 28.4 Å². The molecule has 6 aliphatic heterocycles. The molecule has 23 nitrogen and oxygen atoms in total. The molecule has 6 aliphatic rings. The van der Waals surface area contributed by atoms with Gasteiger partial charge in [0.25, 0.3) is 11.8 Å². The van der Waals surface area contributed by atoms with Crippen LogP contribution in [0.4, 0.5) is 31.6 Å². The van der Waals surface area contributed by atoms with Crippen molar-refractivity contribution in [1.29, 1.82) is 0 Å². The standard InChI is InChI=1S/C24H28ClN5O5.C17H24ClN3O5.C12H21NO4/c1-24(2,3)35-23(31)30-9-14-11-33-12-15(10-30)19(14)34-22-20(32-5)21(27-13-28-22)29-18-7-6-16(26-4)8-17(18)25;1-17(2,3)26-16(22)21-5-10-7-24-8-11(6-21)12(10)25-15-13(23-4)14(18)19-9-20-15;1-12(2,3)17-11(15)13-4-8-6-16-7-9(5-13)10(8)14/h6-8,13-15,19H,9-12H2,1-3,5H3,(H,27,28,29);9-12H,5-8H2,1-4H3;8-10,14H,4-7H2,1-3H3/i9D2,10D2,11D2,12D2;5D2,6D2,7D2,8D2;4D2,5D2,6D2,7D2. The Morgan fingerprint density at radius 1 is 0.641 bits per heavy atom. The number of rotatable bonds is 8. The lowest BCUT2D eigenvalue weighted by Gasteiger charge is -2.46. The van der Waals surface area contributed by atoms with Gasteiger partial charge < -0.3 is 72.5 Å². The van der Waals surface area contributed by atoms with Crippen LogP contribution in [0.15, 0.2) is 30.9 Å². The van der Waals surface area contributed by atoms with E-state index < -0.39 is 179 Å². The van der Waals surface area contributed by atoms with Crippen LogP contribution in [0.3, 0.4) is 0 Å². The van der Waals surface area contributed by atoms with E-state index in [0.717, 1.165) is 12.7 Å². The van der Waals surface area contributed by atoms with Gasteiger partial charge in [-0.05, 0) is 74.4 Å². The van der Waals surface area contributed by atoms with Crippen LogP contribution in [0.1, 0.15) is 95.2 Å². The highest BCUT2D eigenvalue weighted by molar-refractivity contribution is 6.33. The number of piperidine rings is 3. The number of nitrogens with zero attached hydrogens (tertiary/aromatic N) is 8. The summed E-state index contributed by atoms with van der Waals surface area (Å²) >= 11 is 12.2. The number of anilines is 2. The number of nitrogens with one attached hydrogen (secondary N) is 1. The predicted molar refractivity (Wildman–Crippen MR) is 285 cm³/mol. The lowest BCUT2D eigenvalue weighted by molar-refractivity contribution is -0.122. The van der Waals surface area contributed by atoms with Gasteiger partial charge in [-0.3, -0.25) is 0 Å². The number of benzene rings is 1. The first kappa shape index (κ1) is 35.0. The SMILES string of the molecule is [2H]C1([2H])OC([2H])([2H])C2C(O)C1C([2H])([2H])N(C(=O)OC(C)(C)C)C2([2H])[2H].[2H]C1([2H])OC([2H])([2H])C2C(Oc3ncnc(Cl)c3OC)C1C([2H])([2H])N(C(=O)OC(C)(C)C)C2([2H])[2H].[2H]C1([2H])OC([2H])([2H])C2C(Oc3ncnc(Nc4ccc([N+]#[C-])cc4Cl)c3OC)C1C([2H])([2H])N(C(=O)OC(C)(C)C)C2([2H])[2H]. The van der Waals surface area contributed by atoms with Gasteiger partial charge in [0.05, 0.1) is 104 Å². The van der Waals surface area contributed by atoms with E-state index in [0.29, 0.717) is 5.69 Å². The monoisotopic (exact) mass is 1150 g/mol.